The maximum Gasteiger partial charge on any atom is 0.261 e. The number of likely N-dealkylation sites (tertiary alicyclic amines) is 1. The van der Waals surface area contributed by atoms with E-state index in [0.717, 1.165) is 24.8 Å². The molecule has 0 spiro atoms. The largest absolute Gasteiger partial charge is 0.354 e. The van der Waals surface area contributed by atoms with E-state index >= 15 is 0 Å². The molecule has 1 aliphatic rings. The van der Waals surface area contributed by atoms with Gasteiger partial charge in [0, 0.05) is 24.3 Å². The standard InChI is InChI=1S/C26H35N3O4S/c1-5-6-17-27-24(30)23-8-7-18-29(23)25(31)19-9-13-21(14-10-19)28-34(32,33)22-15-11-20(12-16-22)26(2,3)4/h9-16,23,28H,5-8,17-18H2,1-4H3,(H,27,30). The summed E-state index contributed by atoms with van der Waals surface area (Å²) >= 11 is 0. The van der Waals surface area contributed by atoms with Crippen LogP contribution in [-0.4, -0.2) is 44.3 Å². The highest BCUT2D eigenvalue weighted by Gasteiger charge is 2.34. The van der Waals surface area contributed by atoms with Crippen LogP contribution in [-0.2, 0) is 20.2 Å². The van der Waals surface area contributed by atoms with Crippen molar-refractivity contribution in [2.45, 2.75) is 69.7 Å². The zero-order chi connectivity index (χ0) is 24.9. The van der Waals surface area contributed by atoms with Gasteiger partial charge in [-0.2, -0.15) is 0 Å². The van der Waals surface area contributed by atoms with Gasteiger partial charge in [-0.15, -0.1) is 0 Å². The molecule has 3 rings (SSSR count). The number of anilines is 1. The minimum absolute atomic E-state index is 0.0668. The molecule has 1 heterocycles. The van der Waals surface area contributed by atoms with Gasteiger partial charge in [0.1, 0.15) is 6.04 Å². The summed E-state index contributed by atoms with van der Waals surface area (Å²) in [4.78, 5) is 27.3. The second-order valence-electron chi connectivity index (χ2n) is 9.76. The van der Waals surface area contributed by atoms with Crippen LogP contribution in [0.1, 0.15) is 69.3 Å². The Morgan fingerprint density at radius 1 is 1.03 bits per heavy atom. The Bertz CT molecular complexity index is 1100. The number of benzene rings is 2. The first-order valence-corrected chi connectivity index (χ1v) is 13.3. The van der Waals surface area contributed by atoms with Gasteiger partial charge in [0.15, 0.2) is 0 Å². The zero-order valence-electron chi connectivity index (χ0n) is 20.4. The fraction of sp³-hybridized carbons (Fsp3) is 0.462. The Kier molecular flexibility index (Phi) is 8.02. The predicted molar refractivity (Wildman–Crippen MR) is 134 cm³/mol. The van der Waals surface area contributed by atoms with Crippen molar-refractivity contribution in [1.29, 1.82) is 0 Å². The van der Waals surface area contributed by atoms with Crippen molar-refractivity contribution in [2.24, 2.45) is 0 Å². The normalized spacial score (nSPS) is 16.4. The minimum atomic E-state index is -3.75. The second-order valence-corrected chi connectivity index (χ2v) is 11.4. The van der Waals surface area contributed by atoms with Crippen molar-refractivity contribution in [2.75, 3.05) is 17.8 Å². The van der Waals surface area contributed by atoms with E-state index in [1.165, 1.54) is 0 Å². The van der Waals surface area contributed by atoms with Gasteiger partial charge in [-0.05, 0) is 66.6 Å². The van der Waals surface area contributed by atoms with Crippen LogP contribution in [0.3, 0.4) is 0 Å². The second kappa shape index (κ2) is 10.6. The topological polar surface area (TPSA) is 95.6 Å². The third-order valence-electron chi connectivity index (χ3n) is 6.06. The van der Waals surface area contributed by atoms with E-state index in [2.05, 4.69) is 37.7 Å². The molecule has 2 aromatic carbocycles. The van der Waals surface area contributed by atoms with E-state index < -0.39 is 16.1 Å². The van der Waals surface area contributed by atoms with E-state index in [4.69, 9.17) is 0 Å². The molecule has 0 saturated carbocycles. The van der Waals surface area contributed by atoms with Crippen LogP contribution in [0.4, 0.5) is 5.69 Å². The zero-order valence-corrected chi connectivity index (χ0v) is 21.2. The van der Waals surface area contributed by atoms with E-state index in [1.807, 2.05) is 12.1 Å². The van der Waals surface area contributed by atoms with Gasteiger partial charge >= 0.3 is 0 Å². The highest BCUT2D eigenvalue weighted by atomic mass is 32.2. The first kappa shape index (κ1) is 25.7. The van der Waals surface area contributed by atoms with Gasteiger partial charge in [-0.25, -0.2) is 8.42 Å². The number of hydrogen-bond acceptors (Lipinski definition) is 4. The molecule has 0 aliphatic carbocycles. The summed E-state index contributed by atoms with van der Waals surface area (Å²) in [6, 6.07) is 12.7. The molecular formula is C26H35N3O4S. The molecule has 8 heteroatoms. The third-order valence-corrected chi connectivity index (χ3v) is 7.46. The minimum Gasteiger partial charge on any atom is -0.354 e. The Balaban J connectivity index is 1.67. The average Bonchev–Trinajstić information content (AvgIpc) is 3.28. The highest BCUT2D eigenvalue weighted by Crippen LogP contribution is 2.25. The number of nitrogens with zero attached hydrogens (tertiary/aromatic N) is 1. The summed E-state index contributed by atoms with van der Waals surface area (Å²) < 4.78 is 28.1. The van der Waals surface area contributed by atoms with Gasteiger partial charge in [0.2, 0.25) is 5.91 Å². The number of carbonyl (C=O) groups is 2. The van der Waals surface area contributed by atoms with Crippen LogP contribution < -0.4 is 10.0 Å². The Morgan fingerprint density at radius 2 is 1.68 bits per heavy atom. The maximum absolute atomic E-state index is 13.0. The molecule has 2 aromatic rings. The molecule has 34 heavy (non-hydrogen) atoms. The van der Waals surface area contributed by atoms with Crippen LogP contribution in [0.2, 0.25) is 0 Å². The van der Waals surface area contributed by atoms with E-state index in [9.17, 15) is 18.0 Å². The third kappa shape index (κ3) is 6.17. The summed E-state index contributed by atoms with van der Waals surface area (Å²) in [5.74, 6) is -0.332. The van der Waals surface area contributed by atoms with Gasteiger partial charge in [0.05, 0.1) is 4.90 Å². The molecule has 1 saturated heterocycles. The van der Waals surface area contributed by atoms with Crippen LogP contribution >= 0.6 is 0 Å². The first-order chi connectivity index (χ1) is 16.0. The van der Waals surface area contributed by atoms with Crippen LogP contribution in [0.25, 0.3) is 0 Å². The fourth-order valence-corrected chi connectivity index (χ4v) is 5.04. The average molecular weight is 486 g/mol. The number of hydrogen-bond donors (Lipinski definition) is 2. The molecule has 7 nitrogen and oxygen atoms in total. The first-order valence-electron chi connectivity index (χ1n) is 11.8. The number of nitrogens with one attached hydrogen (secondary N) is 2. The molecule has 1 unspecified atom stereocenters. The van der Waals surface area contributed by atoms with Gasteiger partial charge < -0.3 is 10.2 Å². The number of amides is 2. The highest BCUT2D eigenvalue weighted by molar-refractivity contribution is 7.92. The lowest BCUT2D eigenvalue weighted by atomic mass is 9.87. The predicted octanol–water partition coefficient (Wildman–Crippen LogP) is 4.31. The van der Waals surface area contributed by atoms with Crippen molar-refractivity contribution in [1.82, 2.24) is 10.2 Å². The van der Waals surface area contributed by atoms with E-state index in [1.54, 1.807) is 41.3 Å². The van der Waals surface area contributed by atoms with Crippen molar-refractivity contribution >= 4 is 27.5 Å². The van der Waals surface area contributed by atoms with Crippen LogP contribution in [0.5, 0.6) is 0 Å². The summed E-state index contributed by atoms with van der Waals surface area (Å²) in [5.41, 5.74) is 1.77. The monoisotopic (exact) mass is 485 g/mol. The summed E-state index contributed by atoms with van der Waals surface area (Å²) in [6.45, 7) is 9.41. The molecule has 2 N–H and O–H groups in total. The lowest BCUT2D eigenvalue weighted by Gasteiger charge is -2.24. The van der Waals surface area contributed by atoms with Gasteiger partial charge in [-0.1, -0.05) is 46.2 Å². The lowest BCUT2D eigenvalue weighted by Crippen LogP contribution is -2.46. The van der Waals surface area contributed by atoms with Crippen molar-refractivity contribution in [3.05, 3.63) is 59.7 Å². The molecular weight excluding hydrogens is 450 g/mol. The number of rotatable bonds is 8. The molecule has 1 atom stereocenters. The van der Waals surface area contributed by atoms with E-state index in [-0.39, 0.29) is 22.1 Å². The molecule has 0 bridgehead atoms. The van der Waals surface area contributed by atoms with Gasteiger partial charge in [-0.3, -0.25) is 14.3 Å². The Morgan fingerprint density at radius 3 is 2.26 bits per heavy atom. The number of unbranched alkanes of at least 4 members (excludes halogenated alkanes) is 1. The van der Waals surface area contributed by atoms with Crippen molar-refractivity contribution < 1.29 is 18.0 Å². The quantitative estimate of drug-likeness (QED) is 0.545. The molecule has 1 fully saturated rings. The Hall–Kier alpha value is -2.87. The molecule has 2 amide bonds. The smallest absolute Gasteiger partial charge is 0.261 e. The SMILES string of the molecule is CCCCNC(=O)C1CCCN1C(=O)c1ccc(NS(=O)(=O)c2ccc(C(C)(C)C)cc2)cc1. The molecule has 0 aromatic heterocycles. The lowest BCUT2D eigenvalue weighted by molar-refractivity contribution is -0.124. The van der Waals surface area contributed by atoms with Gasteiger partial charge in [0.25, 0.3) is 15.9 Å². The van der Waals surface area contributed by atoms with Crippen molar-refractivity contribution in [3.8, 4) is 0 Å². The summed E-state index contributed by atoms with van der Waals surface area (Å²) in [5, 5.41) is 2.91. The Labute approximate surface area is 203 Å². The fourth-order valence-electron chi connectivity index (χ4n) is 3.98. The summed E-state index contributed by atoms with van der Waals surface area (Å²) in [7, 11) is -3.75. The van der Waals surface area contributed by atoms with Crippen LogP contribution in [0, 0.1) is 0 Å². The molecule has 0 radical (unpaired) electrons. The maximum atomic E-state index is 13.0. The summed E-state index contributed by atoms with van der Waals surface area (Å²) in [6.07, 6.45) is 3.33. The van der Waals surface area contributed by atoms with E-state index in [0.29, 0.717) is 30.8 Å². The number of sulfonamides is 1. The number of carbonyl (C=O) groups excluding carboxylic acids is 2. The molecule has 1 aliphatic heterocycles. The molecule has 184 valence electrons. The van der Waals surface area contributed by atoms with Crippen LogP contribution in [0.15, 0.2) is 53.4 Å². The van der Waals surface area contributed by atoms with Crippen molar-refractivity contribution in [3.63, 3.8) is 0 Å².